The summed E-state index contributed by atoms with van der Waals surface area (Å²) in [5.41, 5.74) is 1.13. The van der Waals surface area contributed by atoms with Crippen LogP contribution in [0.3, 0.4) is 0 Å². The Bertz CT molecular complexity index is 540. The lowest BCUT2D eigenvalue weighted by atomic mass is 10.0. The molecule has 2 aromatic rings. The first-order chi connectivity index (χ1) is 8.22. The number of halogens is 1. The molecule has 0 aliphatic rings. The fourth-order valence-electron chi connectivity index (χ4n) is 1.51. The van der Waals surface area contributed by atoms with Gasteiger partial charge in [0, 0.05) is 21.5 Å². The van der Waals surface area contributed by atoms with E-state index < -0.39 is 0 Å². The number of nitrogens with zero attached hydrogens (tertiary/aromatic N) is 1. The molecule has 1 aromatic carbocycles. The van der Waals surface area contributed by atoms with Crippen molar-refractivity contribution in [3.8, 4) is 5.75 Å². The Morgan fingerprint density at radius 1 is 1.35 bits per heavy atom. The lowest BCUT2D eigenvalue weighted by molar-refractivity contribution is 0.103. The number of carbonyl (C=O) groups excluding carboxylic acids is 1. The summed E-state index contributed by atoms with van der Waals surface area (Å²) in [5, 5.41) is 0. The highest BCUT2D eigenvalue weighted by molar-refractivity contribution is 14.1. The second-order valence-corrected chi connectivity index (χ2v) is 4.66. The van der Waals surface area contributed by atoms with E-state index in [4.69, 9.17) is 4.74 Å². The minimum atomic E-state index is -0.0755. The predicted octanol–water partition coefficient (Wildman–Crippen LogP) is 2.93. The Hall–Kier alpha value is -1.43. The van der Waals surface area contributed by atoms with Crippen molar-refractivity contribution in [2.24, 2.45) is 0 Å². The number of benzene rings is 1. The maximum absolute atomic E-state index is 12.3. The van der Waals surface area contributed by atoms with E-state index in [1.54, 1.807) is 37.7 Å². The van der Waals surface area contributed by atoms with Crippen molar-refractivity contribution in [2.75, 3.05) is 7.11 Å². The topological polar surface area (TPSA) is 39.2 Å². The van der Waals surface area contributed by atoms with E-state index in [1.807, 2.05) is 12.1 Å². The van der Waals surface area contributed by atoms with Crippen LogP contribution in [0.4, 0.5) is 0 Å². The molecule has 0 atom stereocenters. The summed E-state index contributed by atoms with van der Waals surface area (Å²) in [6.45, 7) is 0. The number of ketones is 1. The predicted molar refractivity (Wildman–Crippen MR) is 73.4 cm³/mol. The number of hydrogen-bond acceptors (Lipinski definition) is 3. The molecule has 0 unspecified atom stereocenters. The molecule has 4 heteroatoms. The van der Waals surface area contributed by atoms with Crippen LogP contribution < -0.4 is 4.74 Å². The lowest BCUT2D eigenvalue weighted by Crippen LogP contribution is -2.04. The van der Waals surface area contributed by atoms with Crippen molar-refractivity contribution < 1.29 is 9.53 Å². The van der Waals surface area contributed by atoms with Crippen molar-refractivity contribution in [3.05, 3.63) is 57.4 Å². The van der Waals surface area contributed by atoms with E-state index in [-0.39, 0.29) is 5.78 Å². The van der Waals surface area contributed by atoms with Crippen molar-refractivity contribution >= 4 is 28.4 Å². The molecule has 86 valence electrons. The Kier molecular flexibility index (Phi) is 3.73. The second-order valence-electron chi connectivity index (χ2n) is 3.42. The fraction of sp³-hybridized carbons (Fsp3) is 0.0769. The van der Waals surface area contributed by atoms with Gasteiger partial charge in [0.2, 0.25) is 0 Å². The number of ether oxygens (including phenoxy) is 1. The van der Waals surface area contributed by atoms with Crippen LogP contribution in [0.25, 0.3) is 0 Å². The van der Waals surface area contributed by atoms with Crippen LogP contribution in [0.5, 0.6) is 5.75 Å². The van der Waals surface area contributed by atoms with Gasteiger partial charge in [-0.25, -0.2) is 0 Å². The van der Waals surface area contributed by atoms with E-state index in [9.17, 15) is 4.79 Å². The summed E-state index contributed by atoms with van der Waals surface area (Å²) in [4.78, 5) is 16.2. The van der Waals surface area contributed by atoms with Gasteiger partial charge < -0.3 is 4.74 Å². The van der Waals surface area contributed by atoms with Crippen LogP contribution in [0.2, 0.25) is 0 Å². The van der Waals surface area contributed by atoms with Gasteiger partial charge in [0.25, 0.3) is 0 Å². The van der Waals surface area contributed by atoms with E-state index in [0.717, 1.165) is 3.57 Å². The quantitative estimate of drug-likeness (QED) is 0.638. The molecule has 0 saturated carbocycles. The highest BCUT2D eigenvalue weighted by atomic mass is 127. The molecule has 0 saturated heterocycles. The second kappa shape index (κ2) is 5.27. The third kappa shape index (κ3) is 2.63. The van der Waals surface area contributed by atoms with Gasteiger partial charge in [-0.15, -0.1) is 0 Å². The average Bonchev–Trinajstić information content (AvgIpc) is 2.39. The number of carbonyl (C=O) groups is 1. The molecular formula is C13H10INO2. The zero-order valence-corrected chi connectivity index (χ0v) is 11.3. The van der Waals surface area contributed by atoms with E-state index in [1.165, 1.54) is 0 Å². The van der Waals surface area contributed by atoms with Gasteiger partial charge in [-0.2, -0.15) is 0 Å². The zero-order chi connectivity index (χ0) is 12.3. The van der Waals surface area contributed by atoms with Gasteiger partial charge in [-0.1, -0.05) is 0 Å². The monoisotopic (exact) mass is 339 g/mol. The molecule has 0 spiro atoms. The van der Waals surface area contributed by atoms with Crippen molar-refractivity contribution in [2.45, 2.75) is 0 Å². The largest absolute Gasteiger partial charge is 0.496 e. The third-order valence-corrected chi connectivity index (χ3v) is 3.00. The SMILES string of the molecule is COc1ccc(I)cc1C(=O)c1cccnc1. The molecule has 17 heavy (non-hydrogen) atoms. The minimum absolute atomic E-state index is 0.0755. The van der Waals surface area contributed by atoms with Crippen LogP contribution in [0.15, 0.2) is 42.7 Å². The number of pyridine rings is 1. The molecule has 0 aliphatic carbocycles. The normalized spacial score (nSPS) is 10.0. The van der Waals surface area contributed by atoms with Gasteiger partial charge >= 0.3 is 0 Å². The van der Waals surface area contributed by atoms with E-state index in [0.29, 0.717) is 16.9 Å². The molecule has 0 radical (unpaired) electrons. The molecule has 1 heterocycles. The first-order valence-electron chi connectivity index (χ1n) is 5.00. The molecule has 0 aliphatic heterocycles. The maximum atomic E-state index is 12.3. The van der Waals surface area contributed by atoms with Gasteiger partial charge in [-0.3, -0.25) is 9.78 Å². The van der Waals surface area contributed by atoms with E-state index in [2.05, 4.69) is 27.6 Å². The molecule has 0 N–H and O–H groups in total. The summed E-state index contributed by atoms with van der Waals surface area (Å²) >= 11 is 2.17. The van der Waals surface area contributed by atoms with Gasteiger partial charge in [0.15, 0.2) is 5.78 Å². The summed E-state index contributed by atoms with van der Waals surface area (Å²) in [7, 11) is 1.56. The molecule has 0 fully saturated rings. The zero-order valence-electron chi connectivity index (χ0n) is 9.18. The Balaban J connectivity index is 2.47. The Morgan fingerprint density at radius 3 is 2.82 bits per heavy atom. The molecule has 0 bridgehead atoms. The first-order valence-corrected chi connectivity index (χ1v) is 6.08. The maximum Gasteiger partial charge on any atom is 0.198 e. The minimum Gasteiger partial charge on any atom is -0.496 e. The summed E-state index contributed by atoms with van der Waals surface area (Å²) in [6, 6.07) is 9.00. The summed E-state index contributed by atoms with van der Waals surface area (Å²) < 4.78 is 6.19. The molecule has 2 rings (SSSR count). The average molecular weight is 339 g/mol. The van der Waals surface area contributed by atoms with Gasteiger partial charge in [0.1, 0.15) is 5.75 Å². The summed E-state index contributed by atoms with van der Waals surface area (Å²) in [5.74, 6) is 0.507. The first kappa shape index (κ1) is 12.0. The van der Waals surface area contributed by atoms with Crippen molar-refractivity contribution in [1.82, 2.24) is 4.98 Å². The number of rotatable bonds is 3. The van der Waals surface area contributed by atoms with Crippen molar-refractivity contribution in [1.29, 1.82) is 0 Å². The summed E-state index contributed by atoms with van der Waals surface area (Å²) in [6.07, 6.45) is 3.20. The molecule has 0 amide bonds. The highest BCUT2D eigenvalue weighted by Crippen LogP contribution is 2.23. The van der Waals surface area contributed by atoms with Crippen molar-refractivity contribution in [3.63, 3.8) is 0 Å². The molecule has 1 aromatic heterocycles. The molecular weight excluding hydrogens is 329 g/mol. The Morgan fingerprint density at radius 2 is 2.18 bits per heavy atom. The smallest absolute Gasteiger partial charge is 0.198 e. The van der Waals surface area contributed by atoms with Gasteiger partial charge in [-0.05, 0) is 52.9 Å². The van der Waals surface area contributed by atoms with Crippen LogP contribution in [-0.4, -0.2) is 17.9 Å². The Labute approximate surface area is 113 Å². The fourth-order valence-corrected chi connectivity index (χ4v) is 2.00. The molecule has 3 nitrogen and oxygen atoms in total. The van der Waals surface area contributed by atoms with Crippen LogP contribution in [-0.2, 0) is 0 Å². The number of hydrogen-bond donors (Lipinski definition) is 0. The number of aromatic nitrogens is 1. The van der Waals surface area contributed by atoms with E-state index >= 15 is 0 Å². The lowest BCUT2D eigenvalue weighted by Gasteiger charge is -2.07. The standard InChI is InChI=1S/C13H10INO2/c1-17-12-5-4-10(14)7-11(12)13(16)9-3-2-6-15-8-9/h2-8H,1H3. The van der Waals surface area contributed by atoms with Crippen LogP contribution >= 0.6 is 22.6 Å². The third-order valence-electron chi connectivity index (χ3n) is 2.33. The van der Waals surface area contributed by atoms with Gasteiger partial charge in [0.05, 0.1) is 12.7 Å². The van der Waals surface area contributed by atoms with Crippen LogP contribution in [0, 0.1) is 3.57 Å². The number of methoxy groups -OCH3 is 1. The highest BCUT2D eigenvalue weighted by Gasteiger charge is 2.14. The van der Waals surface area contributed by atoms with Crippen LogP contribution in [0.1, 0.15) is 15.9 Å².